The smallest absolute Gasteiger partial charge is 0.222 e. The second kappa shape index (κ2) is 9.59. The van der Waals surface area contributed by atoms with Crippen LogP contribution in [0.4, 0.5) is 0 Å². The molecule has 2 atom stereocenters. The molecule has 4 nitrogen and oxygen atoms in total. The molecule has 0 aromatic heterocycles. The lowest BCUT2D eigenvalue weighted by Gasteiger charge is -2.29. The highest BCUT2D eigenvalue weighted by atomic mass is 35.5. The molecule has 0 aromatic rings. The van der Waals surface area contributed by atoms with Gasteiger partial charge in [0.25, 0.3) is 0 Å². The van der Waals surface area contributed by atoms with E-state index in [2.05, 4.69) is 17.1 Å². The van der Waals surface area contributed by atoms with Gasteiger partial charge in [0.1, 0.15) is 0 Å². The molecule has 0 bridgehead atoms. The topological polar surface area (TPSA) is 41.6 Å². The van der Waals surface area contributed by atoms with Gasteiger partial charge in [-0.25, -0.2) is 0 Å². The van der Waals surface area contributed by atoms with E-state index >= 15 is 0 Å². The van der Waals surface area contributed by atoms with Crippen LogP contribution in [0, 0.1) is 0 Å². The second-order valence-corrected chi connectivity index (χ2v) is 5.76. The Morgan fingerprint density at radius 1 is 1.35 bits per heavy atom. The van der Waals surface area contributed by atoms with Crippen molar-refractivity contribution in [2.75, 3.05) is 26.2 Å². The van der Waals surface area contributed by atoms with Crippen LogP contribution in [0.1, 0.15) is 51.9 Å². The van der Waals surface area contributed by atoms with Crippen LogP contribution in [0.25, 0.3) is 0 Å². The standard InChI is InChI=1S/C15H28N2O2.ClH/c1-2-10-17(13-8-9-16-12-13)15(18)7-6-14-5-3-4-11-19-14;/h13-14,16H,2-12H2,1H3;1H. The number of ether oxygens (including phenoxy) is 1. The van der Waals surface area contributed by atoms with Crippen LogP contribution in [-0.2, 0) is 9.53 Å². The number of carbonyl (C=O) groups excluding carboxylic acids is 1. The van der Waals surface area contributed by atoms with E-state index in [-0.39, 0.29) is 12.4 Å². The van der Waals surface area contributed by atoms with E-state index in [1.165, 1.54) is 12.8 Å². The fourth-order valence-corrected chi connectivity index (χ4v) is 3.12. The van der Waals surface area contributed by atoms with Crippen molar-refractivity contribution in [2.45, 2.75) is 64.0 Å². The molecular weight excluding hydrogens is 276 g/mol. The van der Waals surface area contributed by atoms with Crippen LogP contribution < -0.4 is 5.32 Å². The number of hydrogen-bond acceptors (Lipinski definition) is 3. The number of rotatable bonds is 6. The zero-order chi connectivity index (χ0) is 13.5. The third-order valence-corrected chi connectivity index (χ3v) is 4.21. The molecule has 0 aliphatic carbocycles. The summed E-state index contributed by atoms with van der Waals surface area (Å²) in [5, 5.41) is 3.35. The van der Waals surface area contributed by atoms with Gasteiger partial charge < -0.3 is 15.0 Å². The van der Waals surface area contributed by atoms with Crippen molar-refractivity contribution in [3.8, 4) is 0 Å². The van der Waals surface area contributed by atoms with Crippen molar-refractivity contribution >= 4 is 18.3 Å². The lowest BCUT2D eigenvalue weighted by Crippen LogP contribution is -2.42. The summed E-state index contributed by atoms with van der Waals surface area (Å²) in [7, 11) is 0. The Morgan fingerprint density at radius 3 is 2.80 bits per heavy atom. The number of carbonyl (C=O) groups is 1. The Hall–Kier alpha value is -0.320. The van der Waals surface area contributed by atoms with Crippen molar-refractivity contribution < 1.29 is 9.53 Å². The van der Waals surface area contributed by atoms with Crippen LogP contribution in [0.3, 0.4) is 0 Å². The molecule has 1 amide bonds. The van der Waals surface area contributed by atoms with Crippen molar-refractivity contribution in [2.24, 2.45) is 0 Å². The minimum atomic E-state index is 0. The molecule has 0 spiro atoms. The molecule has 2 aliphatic rings. The SMILES string of the molecule is CCCN(C(=O)CCC1CCCCO1)C1CCNC1.Cl. The average Bonchev–Trinajstić information content (AvgIpc) is 2.97. The number of hydrogen-bond donors (Lipinski definition) is 1. The van der Waals surface area contributed by atoms with E-state index in [1.807, 2.05) is 0 Å². The molecule has 118 valence electrons. The Kier molecular flexibility index (Phi) is 8.50. The second-order valence-electron chi connectivity index (χ2n) is 5.76. The Balaban J connectivity index is 0.00000200. The van der Waals surface area contributed by atoms with Crippen molar-refractivity contribution in [1.29, 1.82) is 0 Å². The molecule has 20 heavy (non-hydrogen) atoms. The van der Waals surface area contributed by atoms with E-state index in [0.29, 0.717) is 24.5 Å². The van der Waals surface area contributed by atoms with Crippen molar-refractivity contribution in [3.63, 3.8) is 0 Å². The monoisotopic (exact) mass is 304 g/mol. The molecule has 5 heteroatoms. The van der Waals surface area contributed by atoms with Crippen molar-refractivity contribution in [3.05, 3.63) is 0 Å². The molecule has 2 saturated heterocycles. The Bertz CT molecular complexity index is 277. The maximum Gasteiger partial charge on any atom is 0.222 e. The quantitative estimate of drug-likeness (QED) is 0.819. The highest BCUT2D eigenvalue weighted by molar-refractivity contribution is 5.85. The molecule has 0 radical (unpaired) electrons. The van der Waals surface area contributed by atoms with Gasteiger partial charge in [-0.15, -0.1) is 12.4 Å². The summed E-state index contributed by atoms with van der Waals surface area (Å²) in [5.74, 6) is 0.324. The highest BCUT2D eigenvalue weighted by Gasteiger charge is 2.26. The number of nitrogens with one attached hydrogen (secondary N) is 1. The number of amides is 1. The fraction of sp³-hybridized carbons (Fsp3) is 0.933. The first-order chi connectivity index (χ1) is 9.31. The Morgan fingerprint density at radius 2 is 2.20 bits per heavy atom. The maximum atomic E-state index is 12.4. The first-order valence-electron chi connectivity index (χ1n) is 7.93. The molecule has 0 aromatic carbocycles. The zero-order valence-electron chi connectivity index (χ0n) is 12.6. The van der Waals surface area contributed by atoms with Crippen molar-refractivity contribution in [1.82, 2.24) is 10.2 Å². The largest absolute Gasteiger partial charge is 0.378 e. The van der Waals surface area contributed by atoms with Crippen LogP contribution in [-0.4, -0.2) is 49.2 Å². The first-order valence-corrected chi connectivity index (χ1v) is 7.93. The molecular formula is C15H29ClN2O2. The summed E-state index contributed by atoms with van der Waals surface area (Å²) in [5.41, 5.74) is 0. The van der Waals surface area contributed by atoms with Gasteiger partial charge in [-0.1, -0.05) is 6.92 Å². The molecule has 2 aliphatic heterocycles. The molecule has 1 N–H and O–H groups in total. The summed E-state index contributed by atoms with van der Waals surface area (Å²) in [6.07, 6.45) is 7.59. The molecule has 0 saturated carbocycles. The average molecular weight is 305 g/mol. The Labute approximate surface area is 129 Å². The summed E-state index contributed by atoms with van der Waals surface area (Å²) in [6.45, 7) is 5.93. The normalized spacial score (nSPS) is 26.1. The van der Waals surface area contributed by atoms with Gasteiger partial charge in [0, 0.05) is 32.2 Å². The molecule has 2 unspecified atom stereocenters. The molecule has 2 rings (SSSR count). The van der Waals surface area contributed by atoms with Gasteiger partial charge in [-0.05, 0) is 45.1 Å². The van der Waals surface area contributed by atoms with Gasteiger partial charge in [0.15, 0.2) is 0 Å². The summed E-state index contributed by atoms with van der Waals surface area (Å²) in [6, 6.07) is 0.416. The van der Waals surface area contributed by atoms with Gasteiger partial charge in [0.2, 0.25) is 5.91 Å². The van der Waals surface area contributed by atoms with Gasteiger partial charge >= 0.3 is 0 Å². The number of halogens is 1. The predicted octanol–water partition coefficient (Wildman–Crippen LogP) is 2.36. The summed E-state index contributed by atoms with van der Waals surface area (Å²) < 4.78 is 5.71. The maximum absolute atomic E-state index is 12.4. The van der Waals surface area contributed by atoms with Gasteiger partial charge in [-0.3, -0.25) is 4.79 Å². The number of nitrogens with zero attached hydrogens (tertiary/aromatic N) is 1. The van der Waals surface area contributed by atoms with Gasteiger partial charge in [-0.2, -0.15) is 0 Å². The van der Waals surface area contributed by atoms with E-state index in [9.17, 15) is 4.79 Å². The predicted molar refractivity (Wildman–Crippen MR) is 83.4 cm³/mol. The van der Waals surface area contributed by atoms with E-state index in [0.717, 1.165) is 51.9 Å². The van der Waals surface area contributed by atoms with E-state index in [1.54, 1.807) is 0 Å². The van der Waals surface area contributed by atoms with Crippen LogP contribution in [0.5, 0.6) is 0 Å². The minimum absolute atomic E-state index is 0. The summed E-state index contributed by atoms with van der Waals surface area (Å²) >= 11 is 0. The fourth-order valence-electron chi connectivity index (χ4n) is 3.12. The van der Waals surface area contributed by atoms with E-state index in [4.69, 9.17) is 4.74 Å². The summed E-state index contributed by atoms with van der Waals surface area (Å²) in [4.78, 5) is 14.5. The highest BCUT2D eigenvalue weighted by Crippen LogP contribution is 2.19. The van der Waals surface area contributed by atoms with Crippen LogP contribution in [0.2, 0.25) is 0 Å². The van der Waals surface area contributed by atoms with Crippen LogP contribution in [0.15, 0.2) is 0 Å². The van der Waals surface area contributed by atoms with E-state index < -0.39 is 0 Å². The molecule has 2 heterocycles. The minimum Gasteiger partial charge on any atom is -0.378 e. The third-order valence-electron chi connectivity index (χ3n) is 4.21. The van der Waals surface area contributed by atoms with Gasteiger partial charge in [0.05, 0.1) is 6.10 Å². The lowest BCUT2D eigenvalue weighted by molar-refractivity contribution is -0.134. The zero-order valence-corrected chi connectivity index (χ0v) is 13.4. The first kappa shape index (κ1) is 17.7. The lowest BCUT2D eigenvalue weighted by atomic mass is 10.0. The third kappa shape index (κ3) is 5.23. The van der Waals surface area contributed by atoms with Crippen LogP contribution >= 0.6 is 12.4 Å². The molecule has 2 fully saturated rings.